The standard InChI is InChI=1S/C20H13Cl2F3N2O5S/c1-31-10-4-2-9(3-5-10)15-8-12(18(28)29)17(33-15)27-19(30)26-16-13(21)6-11(7-14(16)22)32-20(23,24)25/h2-8H,1H3,(H,28,29)(H2,26,27,30). The van der Waals surface area contributed by atoms with Crippen LogP contribution in [-0.4, -0.2) is 30.6 Å². The Morgan fingerprint density at radius 2 is 1.61 bits per heavy atom. The highest BCUT2D eigenvalue weighted by atomic mass is 35.5. The number of nitrogens with one attached hydrogen (secondary N) is 2. The molecule has 3 N–H and O–H groups in total. The summed E-state index contributed by atoms with van der Waals surface area (Å²) in [6, 6.07) is 8.99. The summed E-state index contributed by atoms with van der Waals surface area (Å²) in [5.41, 5.74) is 0.351. The first-order chi connectivity index (χ1) is 15.5. The van der Waals surface area contributed by atoms with Gasteiger partial charge in [-0.15, -0.1) is 24.5 Å². The van der Waals surface area contributed by atoms with Crippen LogP contribution in [0.4, 0.5) is 28.7 Å². The lowest BCUT2D eigenvalue weighted by atomic mass is 10.1. The number of carbonyl (C=O) groups excluding carboxylic acids is 1. The van der Waals surface area contributed by atoms with E-state index in [4.69, 9.17) is 27.9 Å². The molecular weight excluding hydrogens is 508 g/mol. The van der Waals surface area contributed by atoms with Gasteiger partial charge in [-0.2, -0.15) is 0 Å². The molecule has 0 unspecified atom stereocenters. The Morgan fingerprint density at radius 1 is 1.00 bits per heavy atom. The number of amides is 2. The van der Waals surface area contributed by atoms with Crippen molar-refractivity contribution in [3.8, 4) is 21.9 Å². The number of thiophene rings is 1. The van der Waals surface area contributed by atoms with Crippen molar-refractivity contribution in [1.82, 2.24) is 0 Å². The maximum atomic E-state index is 12.5. The van der Waals surface area contributed by atoms with E-state index >= 15 is 0 Å². The molecule has 7 nitrogen and oxygen atoms in total. The highest BCUT2D eigenvalue weighted by molar-refractivity contribution is 7.20. The molecule has 13 heteroatoms. The normalized spacial score (nSPS) is 11.1. The first-order valence-corrected chi connectivity index (χ1v) is 10.4. The van der Waals surface area contributed by atoms with Crippen LogP contribution in [0.15, 0.2) is 42.5 Å². The fourth-order valence-electron chi connectivity index (χ4n) is 2.65. The van der Waals surface area contributed by atoms with Crippen molar-refractivity contribution in [3.63, 3.8) is 0 Å². The SMILES string of the molecule is COc1ccc(-c2cc(C(=O)O)c(NC(=O)Nc3c(Cl)cc(OC(F)(F)F)cc3Cl)s2)cc1. The summed E-state index contributed by atoms with van der Waals surface area (Å²) in [4.78, 5) is 24.6. The molecule has 0 bridgehead atoms. The molecule has 33 heavy (non-hydrogen) atoms. The van der Waals surface area contributed by atoms with E-state index in [0.29, 0.717) is 16.2 Å². The number of carbonyl (C=O) groups is 2. The third-order valence-corrected chi connectivity index (χ3v) is 5.75. The second kappa shape index (κ2) is 9.77. The van der Waals surface area contributed by atoms with Crippen molar-refractivity contribution in [3.05, 3.63) is 58.1 Å². The number of halogens is 5. The van der Waals surface area contributed by atoms with E-state index in [-0.39, 0.29) is 26.3 Å². The van der Waals surface area contributed by atoms with Crippen LogP contribution >= 0.6 is 34.5 Å². The molecule has 1 aromatic heterocycles. The summed E-state index contributed by atoms with van der Waals surface area (Å²) in [7, 11) is 1.51. The second-order valence-electron chi connectivity index (χ2n) is 6.28. The lowest BCUT2D eigenvalue weighted by Gasteiger charge is -2.13. The van der Waals surface area contributed by atoms with Crippen molar-refractivity contribution in [2.75, 3.05) is 17.7 Å². The maximum absolute atomic E-state index is 12.5. The minimum absolute atomic E-state index is 0.0232. The van der Waals surface area contributed by atoms with Crippen molar-refractivity contribution in [1.29, 1.82) is 0 Å². The molecule has 0 atom stereocenters. The molecule has 3 aromatic rings. The van der Waals surface area contributed by atoms with Gasteiger partial charge >= 0.3 is 18.4 Å². The van der Waals surface area contributed by atoms with Gasteiger partial charge in [-0.1, -0.05) is 23.2 Å². The monoisotopic (exact) mass is 520 g/mol. The Kier molecular flexibility index (Phi) is 7.25. The van der Waals surface area contributed by atoms with Gasteiger partial charge in [0, 0.05) is 17.0 Å². The second-order valence-corrected chi connectivity index (χ2v) is 8.14. The Balaban J connectivity index is 1.81. The van der Waals surface area contributed by atoms with Crippen molar-refractivity contribution < 1.29 is 37.3 Å². The number of anilines is 2. The van der Waals surface area contributed by atoms with Gasteiger partial charge in [-0.05, 0) is 35.9 Å². The largest absolute Gasteiger partial charge is 0.573 e. The summed E-state index contributed by atoms with van der Waals surface area (Å²) < 4.78 is 46.0. The maximum Gasteiger partial charge on any atom is 0.573 e. The van der Waals surface area contributed by atoms with Crippen LogP contribution in [0.25, 0.3) is 10.4 Å². The van der Waals surface area contributed by atoms with Crippen LogP contribution in [0.1, 0.15) is 10.4 Å². The molecule has 0 aliphatic rings. The van der Waals surface area contributed by atoms with E-state index < -0.39 is 24.1 Å². The van der Waals surface area contributed by atoms with Gasteiger partial charge in [0.15, 0.2) is 0 Å². The minimum atomic E-state index is -4.95. The lowest BCUT2D eigenvalue weighted by molar-refractivity contribution is -0.274. The number of hydrogen-bond acceptors (Lipinski definition) is 5. The van der Waals surface area contributed by atoms with Crippen LogP contribution in [0.5, 0.6) is 11.5 Å². The van der Waals surface area contributed by atoms with E-state index in [1.807, 2.05) is 0 Å². The fourth-order valence-corrected chi connectivity index (χ4v) is 4.26. The summed E-state index contributed by atoms with van der Waals surface area (Å²) in [5, 5.41) is 13.6. The fraction of sp³-hybridized carbons (Fsp3) is 0.100. The summed E-state index contributed by atoms with van der Waals surface area (Å²) in [6.07, 6.45) is -4.95. The molecule has 0 saturated carbocycles. The molecule has 0 spiro atoms. The Morgan fingerprint density at radius 3 is 2.12 bits per heavy atom. The average molecular weight is 521 g/mol. The number of rotatable bonds is 6. The number of alkyl halides is 3. The molecule has 3 rings (SSSR count). The number of ether oxygens (including phenoxy) is 2. The van der Waals surface area contributed by atoms with Gasteiger partial charge in [-0.25, -0.2) is 9.59 Å². The molecule has 0 aliphatic heterocycles. The zero-order valence-electron chi connectivity index (χ0n) is 16.4. The van der Waals surface area contributed by atoms with Crippen LogP contribution < -0.4 is 20.1 Å². The molecule has 174 valence electrons. The smallest absolute Gasteiger partial charge is 0.497 e. The van der Waals surface area contributed by atoms with Gasteiger partial charge in [-0.3, -0.25) is 5.32 Å². The highest BCUT2D eigenvalue weighted by Gasteiger charge is 2.31. The van der Waals surface area contributed by atoms with Crippen molar-refractivity contribution in [2.45, 2.75) is 6.36 Å². The van der Waals surface area contributed by atoms with Crippen LogP contribution in [0.3, 0.4) is 0 Å². The quantitative estimate of drug-likeness (QED) is 0.326. The highest BCUT2D eigenvalue weighted by Crippen LogP contribution is 2.38. The van der Waals surface area contributed by atoms with E-state index in [1.165, 1.54) is 13.2 Å². The van der Waals surface area contributed by atoms with Crippen LogP contribution in [0.2, 0.25) is 10.0 Å². The van der Waals surface area contributed by atoms with Crippen LogP contribution in [-0.2, 0) is 0 Å². The van der Waals surface area contributed by atoms with Crippen molar-refractivity contribution in [2.24, 2.45) is 0 Å². The Hall–Kier alpha value is -3.15. The molecular formula is C20H13Cl2F3N2O5S. The third kappa shape index (κ3) is 6.21. The average Bonchev–Trinajstić information content (AvgIpc) is 3.13. The number of hydrogen-bond donors (Lipinski definition) is 3. The first-order valence-electron chi connectivity index (χ1n) is 8.81. The predicted molar refractivity (Wildman–Crippen MR) is 119 cm³/mol. The number of aromatic carboxylic acids is 1. The number of benzene rings is 2. The third-order valence-electron chi connectivity index (χ3n) is 4.05. The molecule has 2 aromatic carbocycles. The van der Waals surface area contributed by atoms with Gasteiger partial charge in [0.05, 0.1) is 28.4 Å². The number of urea groups is 1. The summed E-state index contributed by atoms with van der Waals surface area (Å²) in [6.45, 7) is 0. The molecule has 0 aliphatic carbocycles. The first kappa shape index (κ1) is 24.5. The van der Waals surface area contributed by atoms with Crippen molar-refractivity contribution >= 4 is 57.2 Å². The summed E-state index contributed by atoms with van der Waals surface area (Å²) in [5.74, 6) is -1.32. The summed E-state index contributed by atoms with van der Waals surface area (Å²) >= 11 is 12.9. The lowest BCUT2D eigenvalue weighted by Crippen LogP contribution is -2.21. The molecule has 0 radical (unpaired) electrons. The predicted octanol–water partition coefficient (Wildman–Crippen LogP) is 6.97. The Labute approximate surface area is 198 Å². The van der Waals surface area contributed by atoms with Gasteiger partial charge < -0.3 is 19.9 Å². The van der Waals surface area contributed by atoms with Gasteiger partial charge in [0.2, 0.25) is 0 Å². The van der Waals surface area contributed by atoms with E-state index in [2.05, 4.69) is 15.4 Å². The van der Waals surface area contributed by atoms with Crippen LogP contribution in [0, 0.1) is 0 Å². The van der Waals surface area contributed by atoms with E-state index in [1.54, 1.807) is 24.3 Å². The minimum Gasteiger partial charge on any atom is -0.497 e. The molecule has 2 amide bonds. The number of carboxylic acids is 1. The Bertz CT molecular complexity index is 1180. The van der Waals surface area contributed by atoms with E-state index in [0.717, 1.165) is 23.5 Å². The topological polar surface area (TPSA) is 96.9 Å². The number of methoxy groups -OCH3 is 1. The molecule has 0 saturated heterocycles. The van der Waals surface area contributed by atoms with Gasteiger partial charge in [0.25, 0.3) is 0 Å². The number of carboxylic acid groups (broad SMARTS) is 1. The molecule has 0 fully saturated rings. The zero-order chi connectivity index (χ0) is 24.3. The molecule has 1 heterocycles. The van der Waals surface area contributed by atoms with E-state index in [9.17, 15) is 27.9 Å². The van der Waals surface area contributed by atoms with Gasteiger partial charge in [0.1, 0.15) is 16.5 Å². The zero-order valence-corrected chi connectivity index (χ0v) is 18.7.